The Balaban J connectivity index is 2.35. The van der Waals surface area contributed by atoms with Crippen molar-refractivity contribution in [2.24, 2.45) is 11.8 Å². The number of sulfone groups is 1. The largest absolute Gasteiger partial charge is 0.317 e. The van der Waals surface area contributed by atoms with E-state index in [-0.39, 0.29) is 5.75 Å². The van der Waals surface area contributed by atoms with Gasteiger partial charge >= 0.3 is 0 Å². The van der Waals surface area contributed by atoms with Crippen LogP contribution in [0.5, 0.6) is 0 Å². The van der Waals surface area contributed by atoms with E-state index in [2.05, 4.69) is 12.2 Å². The summed E-state index contributed by atoms with van der Waals surface area (Å²) < 4.78 is 22.9. The molecule has 1 rings (SSSR count). The van der Waals surface area contributed by atoms with Gasteiger partial charge in [0, 0.05) is 5.75 Å². The summed E-state index contributed by atoms with van der Waals surface area (Å²) in [5, 5.41) is 3.38. The van der Waals surface area contributed by atoms with Gasteiger partial charge in [0.05, 0.1) is 5.75 Å². The number of nitrogens with one attached hydrogen (secondary N) is 1. The second-order valence-corrected chi connectivity index (χ2v) is 7.26. The van der Waals surface area contributed by atoms with E-state index in [0.29, 0.717) is 17.6 Å². The first-order valence-electron chi connectivity index (χ1n) is 6.50. The zero-order valence-corrected chi connectivity index (χ0v) is 11.4. The molecule has 1 fully saturated rings. The summed E-state index contributed by atoms with van der Waals surface area (Å²) >= 11 is 0. The monoisotopic (exact) mass is 247 g/mol. The third-order valence-electron chi connectivity index (χ3n) is 3.71. The van der Waals surface area contributed by atoms with Gasteiger partial charge in [0.1, 0.15) is 9.84 Å². The Morgan fingerprint density at radius 3 is 2.50 bits per heavy atom. The predicted octanol–water partition coefficient (Wildman–Crippen LogP) is 1.84. The summed E-state index contributed by atoms with van der Waals surface area (Å²) in [4.78, 5) is 0. The van der Waals surface area contributed by atoms with Crippen molar-refractivity contribution in [1.29, 1.82) is 0 Å². The highest BCUT2D eigenvalue weighted by Gasteiger charge is 2.27. The van der Waals surface area contributed by atoms with Gasteiger partial charge in [-0.05, 0) is 37.8 Å². The average molecular weight is 247 g/mol. The summed E-state index contributed by atoms with van der Waals surface area (Å²) in [7, 11) is -2.77. The van der Waals surface area contributed by atoms with E-state index in [0.717, 1.165) is 19.5 Å². The molecule has 0 radical (unpaired) electrons. The molecular weight excluding hydrogens is 222 g/mol. The first-order chi connectivity index (χ1) is 7.59. The van der Waals surface area contributed by atoms with Gasteiger partial charge in [-0.1, -0.05) is 26.7 Å². The van der Waals surface area contributed by atoms with Crippen LogP contribution in [0.25, 0.3) is 0 Å². The van der Waals surface area contributed by atoms with Crippen LogP contribution >= 0.6 is 0 Å². The van der Waals surface area contributed by atoms with Crippen LogP contribution in [0.4, 0.5) is 0 Å². The maximum Gasteiger partial charge on any atom is 0.150 e. The van der Waals surface area contributed by atoms with Crippen LogP contribution in [0.2, 0.25) is 0 Å². The van der Waals surface area contributed by atoms with E-state index in [1.165, 1.54) is 19.3 Å². The maximum absolute atomic E-state index is 11.5. The quantitative estimate of drug-likeness (QED) is 0.746. The molecule has 0 spiro atoms. The molecule has 0 bridgehead atoms. The Morgan fingerprint density at radius 2 is 1.88 bits per heavy atom. The second kappa shape index (κ2) is 6.60. The third-order valence-corrected chi connectivity index (χ3v) is 5.45. The molecule has 1 N–H and O–H groups in total. The van der Waals surface area contributed by atoms with E-state index in [9.17, 15) is 8.42 Å². The van der Waals surface area contributed by atoms with Gasteiger partial charge < -0.3 is 5.32 Å². The maximum atomic E-state index is 11.5. The van der Waals surface area contributed by atoms with E-state index in [1.54, 1.807) is 6.92 Å². The molecule has 1 aliphatic rings. The minimum Gasteiger partial charge on any atom is -0.317 e. The van der Waals surface area contributed by atoms with Gasteiger partial charge in [-0.3, -0.25) is 0 Å². The molecule has 16 heavy (non-hydrogen) atoms. The zero-order chi connectivity index (χ0) is 12.0. The van der Waals surface area contributed by atoms with Gasteiger partial charge in [0.15, 0.2) is 0 Å². The SMILES string of the molecule is CCNCC1CCCC1CCS(=O)(=O)CC. The van der Waals surface area contributed by atoms with Crippen LogP contribution in [0.15, 0.2) is 0 Å². The van der Waals surface area contributed by atoms with Gasteiger partial charge in [0.2, 0.25) is 0 Å². The van der Waals surface area contributed by atoms with Crippen molar-refractivity contribution in [1.82, 2.24) is 5.32 Å². The van der Waals surface area contributed by atoms with Gasteiger partial charge in [0.25, 0.3) is 0 Å². The summed E-state index contributed by atoms with van der Waals surface area (Å²) in [6, 6.07) is 0. The Labute approximate surface area is 99.9 Å². The molecule has 1 saturated carbocycles. The molecule has 4 heteroatoms. The number of rotatable bonds is 7. The molecule has 0 aromatic heterocycles. The third kappa shape index (κ3) is 4.42. The van der Waals surface area contributed by atoms with Crippen LogP contribution in [-0.2, 0) is 9.84 Å². The fourth-order valence-electron chi connectivity index (χ4n) is 2.57. The number of hydrogen-bond acceptors (Lipinski definition) is 3. The van der Waals surface area contributed by atoms with Crippen LogP contribution in [0.3, 0.4) is 0 Å². The first kappa shape index (κ1) is 14.0. The Bertz CT molecular complexity index is 287. The Morgan fingerprint density at radius 1 is 1.19 bits per heavy atom. The Kier molecular flexibility index (Phi) is 5.76. The lowest BCUT2D eigenvalue weighted by atomic mass is 9.93. The van der Waals surface area contributed by atoms with Crippen molar-refractivity contribution in [3.05, 3.63) is 0 Å². The fraction of sp³-hybridized carbons (Fsp3) is 1.00. The molecule has 0 aromatic carbocycles. The molecule has 2 unspecified atom stereocenters. The van der Waals surface area contributed by atoms with Crippen molar-refractivity contribution in [3.63, 3.8) is 0 Å². The van der Waals surface area contributed by atoms with Crippen LogP contribution in [0.1, 0.15) is 39.5 Å². The van der Waals surface area contributed by atoms with Gasteiger partial charge in [-0.15, -0.1) is 0 Å². The standard InChI is InChI=1S/C12H25NO2S/c1-3-13-10-12-7-5-6-11(12)8-9-16(14,15)4-2/h11-13H,3-10H2,1-2H3. The molecule has 3 nitrogen and oxygen atoms in total. The summed E-state index contributed by atoms with van der Waals surface area (Å²) in [6.45, 7) is 5.93. The molecule has 0 amide bonds. The van der Waals surface area contributed by atoms with Crippen LogP contribution in [-0.4, -0.2) is 33.0 Å². The second-order valence-electron chi connectivity index (χ2n) is 4.78. The zero-order valence-electron chi connectivity index (χ0n) is 10.5. The van der Waals surface area contributed by atoms with E-state index >= 15 is 0 Å². The van der Waals surface area contributed by atoms with Crippen LogP contribution in [0, 0.1) is 11.8 Å². The van der Waals surface area contributed by atoms with E-state index in [4.69, 9.17) is 0 Å². The van der Waals surface area contributed by atoms with Crippen molar-refractivity contribution >= 4 is 9.84 Å². The molecule has 96 valence electrons. The van der Waals surface area contributed by atoms with Gasteiger partial charge in [-0.25, -0.2) is 8.42 Å². The van der Waals surface area contributed by atoms with Crippen LogP contribution < -0.4 is 5.32 Å². The molecular formula is C12H25NO2S. The summed E-state index contributed by atoms with van der Waals surface area (Å²) in [5.74, 6) is 2.00. The molecule has 2 atom stereocenters. The average Bonchev–Trinajstić information content (AvgIpc) is 2.71. The van der Waals surface area contributed by atoms with E-state index in [1.807, 2.05) is 0 Å². The van der Waals surface area contributed by atoms with E-state index < -0.39 is 9.84 Å². The fourth-order valence-corrected chi connectivity index (χ4v) is 3.52. The first-order valence-corrected chi connectivity index (χ1v) is 8.32. The lowest BCUT2D eigenvalue weighted by Gasteiger charge is -2.19. The lowest BCUT2D eigenvalue weighted by molar-refractivity contribution is 0.361. The Hall–Kier alpha value is -0.0900. The van der Waals surface area contributed by atoms with Crippen molar-refractivity contribution in [3.8, 4) is 0 Å². The highest BCUT2D eigenvalue weighted by molar-refractivity contribution is 7.91. The molecule has 0 saturated heterocycles. The van der Waals surface area contributed by atoms with Crippen molar-refractivity contribution in [2.75, 3.05) is 24.6 Å². The molecule has 0 aromatic rings. The highest BCUT2D eigenvalue weighted by Crippen LogP contribution is 2.33. The summed E-state index contributed by atoms with van der Waals surface area (Å²) in [6.07, 6.45) is 4.62. The predicted molar refractivity (Wildman–Crippen MR) is 68.3 cm³/mol. The normalized spacial score (nSPS) is 26.1. The lowest BCUT2D eigenvalue weighted by Crippen LogP contribution is -2.26. The molecule has 1 aliphatic carbocycles. The molecule has 0 aliphatic heterocycles. The minimum atomic E-state index is -2.77. The van der Waals surface area contributed by atoms with Crippen molar-refractivity contribution < 1.29 is 8.42 Å². The van der Waals surface area contributed by atoms with Crippen molar-refractivity contribution in [2.45, 2.75) is 39.5 Å². The minimum absolute atomic E-state index is 0.289. The topological polar surface area (TPSA) is 46.2 Å². The highest BCUT2D eigenvalue weighted by atomic mass is 32.2. The number of hydrogen-bond donors (Lipinski definition) is 1. The molecule has 0 heterocycles. The smallest absolute Gasteiger partial charge is 0.150 e. The van der Waals surface area contributed by atoms with Gasteiger partial charge in [-0.2, -0.15) is 0 Å². The summed E-state index contributed by atoms with van der Waals surface area (Å²) in [5.41, 5.74) is 0.